The van der Waals surface area contributed by atoms with Crippen LogP contribution in [0.1, 0.15) is 0 Å². The standard InChI is InChI=1S/C3H6OS2/c1-4-3-5-2-6-3/h3H,2H2,1H3. The van der Waals surface area contributed by atoms with Gasteiger partial charge in [-0.05, 0) is 0 Å². The van der Waals surface area contributed by atoms with Crippen LogP contribution in [0.25, 0.3) is 0 Å². The van der Waals surface area contributed by atoms with E-state index >= 15 is 0 Å². The van der Waals surface area contributed by atoms with Crippen LogP contribution in [0.4, 0.5) is 0 Å². The van der Waals surface area contributed by atoms with Gasteiger partial charge >= 0.3 is 0 Å². The third kappa shape index (κ3) is 0.832. The molecule has 0 aromatic rings. The Hall–Kier alpha value is 0.660. The van der Waals surface area contributed by atoms with Crippen molar-refractivity contribution < 1.29 is 4.74 Å². The largest absolute Gasteiger partial charge is 0.361 e. The normalized spacial score (nSPS) is 23.5. The van der Waals surface area contributed by atoms with Gasteiger partial charge in [-0.1, -0.05) is 0 Å². The Morgan fingerprint density at radius 3 is 2.33 bits per heavy atom. The highest BCUT2D eigenvalue weighted by Crippen LogP contribution is 2.38. The number of methoxy groups -OCH3 is 1. The average Bonchev–Trinajstić information content (AvgIpc) is 1.31. The zero-order valence-electron chi connectivity index (χ0n) is 3.51. The lowest BCUT2D eigenvalue weighted by Crippen LogP contribution is -2.08. The minimum absolute atomic E-state index is 0.449. The number of ether oxygens (including phenoxy) is 1. The van der Waals surface area contributed by atoms with Crippen molar-refractivity contribution in [2.45, 2.75) is 4.77 Å². The molecule has 6 heavy (non-hydrogen) atoms. The van der Waals surface area contributed by atoms with Crippen molar-refractivity contribution in [2.24, 2.45) is 0 Å². The Morgan fingerprint density at radius 2 is 2.33 bits per heavy atom. The molecule has 0 aliphatic carbocycles. The predicted molar refractivity (Wildman–Crippen MR) is 30.8 cm³/mol. The first-order chi connectivity index (χ1) is 2.93. The van der Waals surface area contributed by atoms with Gasteiger partial charge in [-0.3, -0.25) is 0 Å². The molecule has 3 heteroatoms. The van der Waals surface area contributed by atoms with E-state index in [1.165, 1.54) is 5.08 Å². The maximum atomic E-state index is 4.91. The second-order valence-electron chi connectivity index (χ2n) is 0.976. The first-order valence-corrected chi connectivity index (χ1v) is 3.79. The van der Waals surface area contributed by atoms with E-state index in [-0.39, 0.29) is 0 Å². The summed E-state index contributed by atoms with van der Waals surface area (Å²) in [6, 6.07) is 0. The first kappa shape index (κ1) is 4.81. The summed E-state index contributed by atoms with van der Waals surface area (Å²) in [4.78, 5) is 0. The number of hydrogen-bond acceptors (Lipinski definition) is 3. The van der Waals surface area contributed by atoms with Crippen molar-refractivity contribution in [3.63, 3.8) is 0 Å². The SMILES string of the molecule is COC1SCS1. The summed E-state index contributed by atoms with van der Waals surface area (Å²) in [5, 5.41) is 1.21. The van der Waals surface area contributed by atoms with Crippen molar-refractivity contribution in [3.8, 4) is 0 Å². The predicted octanol–water partition coefficient (Wildman–Crippen LogP) is 1.35. The Balaban J connectivity index is 2.01. The van der Waals surface area contributed by atoms with Gasteiger partial charge in [0.25, 0.3) is 0 Å². The topological polar surface area (TPSA) is 9.23 Å². The van der Waals surface area contributed by atoms with Gasteiger partial charge < -0.3 is 4.74 Å². The van der Waals surface area contributed by atoms with Gasteiger partial charge in [-0.25, -0.2) is 0 Å². The molecule has 0 aromatic heterocycles. The summed E-state index contributed by atoms with van der Waals surface area (Å²) in [5.74, 6) is 0. The molecule has 1 nitrogen and oxygen atoms in total. The molecule has 0 bridgehead atoms. The van der Waals surface area contributed by atoms with Crippen molar-refractivity contribution in [1.29, 1.82) is 0 Å². The molecule has 1 saturated heterocycles. The molecular formula is C3H6OS2. The summed E-state index contributed by atoms with van der Waals surface area (Å²) in [7, 11) is 1.74. The number of hydrogen-bond donors (Lipinski definition) is 0. The molecule has 1 rings (SSSR count). The molecule has 1 aliphatic rings. The van der Waals surface area contributed by atoms with Crippen LogP contribution in [0.15, 0.2) is 0 Å². The van der Waals surface area contributed by atoms with E-state index < -0.39 is 0 Å². The van der Waals surface area contributed by atoms with E-state index in [4.69, 9.17) is 4.74 Å². The summed E-state index contributed by atoms with van der Waals surface area (Å²) in [6.45, 7) is 0. The molecule has 0 spiro atoms. The van der Waals surface area contributed by atoms with E-state index in [0.717, 1.165) is 0 Å². The lowest BCUT2D eigenvalue weighted by Gasteiger charge is -2.21. The molecule has 0 N–H and O–H groups in total. The highest BCUT2D eigenvalue weighted by Gasteiger charge is 2.16. The van der Waals surface area contributed by atoms with Gasteiger partial charge in [-0.15, -0.1) is 23.5 Å². The fraction of sp³-hybridized carbons (Fsp3) is 1.00. The van der Waals surface area contributed by atoms with Crippen molar-refractivity contribution in [1.82, 2.24) is 0 Å². The fourth-order valence-corrected chi connectivity index (χ4v) is 1.52. The molecule has 1 fully saturated rings. The van der Waals surface area contributed by atoms with Gasteiger partial charge in [0, 0.05) is 12.2 Å². The lowest BCUT2D eigenvalue weighted by atomic mass is 11.5. The minimum atomic E-state index is 0.449. The third-order valence-electron chi connectivity index (χ3n) is 0.601. The molecule has 1 aliphatic heterocycles. The van der Waals surface area contributed by atoms with Gasteiger partial charge in [0.1, 0.15) is 0 Å². The highest BCUT2D eigenvalue weighted by atomic mass is 32.3. The summed E-state index contributed by atoms with van der Waals surface area (Å²) in [6.07, 6.45) is 0. The molecule has 0 saturated carbocycles. The Morgan fingerprint density at radius 1 is 1.67 bits per heavy atom. The Labute approximate surface area is 45.8 Å². The van der Waals surface area contributed by atoms with Gasteiger partial charge in [-0.2, -0.15) is 0 Å². The highest BCUT2D eigenvalue weighted by molar-refractivity contribution is 8.32. The van der Waals surface area contributed by atoms with E-state index in [9.17, 15) is 0 Å². The second kappa shape index (κ2) is 2.09. The van der Waals surface area contributed by atoms with Crippen molar-refractivity contribution >= 4 is 23.5 Å². The quantitative estimate of drug-likeness (QED) is 0.519. The van der Waals surface area contributed by atoms with Crippen LogP contribution in [-0.4, -0.2) is 17.0 Å². The van der Waals surface area contributed by atoms with Gasteiger partial charge in [0.15, 0.2) is 4.77 Å². The maximum Gasteiger partial charge on any atom is 0.150 e. The first-order valence-electron chi connectivity index (χ1n) is 1.69. The molecule has 0 unspecified atom stereocenters. The summed E-state index contributed by atoms with van der Waals surface area (Å²) in [5.41, 5.74) is 0. The van der Waals surface area contributed by atoms with E-state index in [0.29, 0.717) is 4.77 Å². The van der Waals surface area contributed by atoms with Gasteiger partial charge in [0.05, 0.1) is 0 Å². The number of thioether (sulfide) groups is 2. The molecule has 0 aromatic carbocycles. The second-order valence-corrected chi connectivity index (χ2v) is 3.74. The third-order valence-corrected chi connectivity index (χ3v) is 3.44. The molecule has 36 valence electrons. The van der Waals surface area contributed by atoms with Crippen LogP contribution in [0.2, 0.25) is 0 Å². The van der Waals surface area contributed by atoms with E-state index in [2.05, 4.69) is 0 Å². The smallest absolute Gasteiger partial charge is 0.150 e. The van der Waals surface area contributed by atoms with Crippen LogP contribution >= 0.6 is 23.5 Å². The van der Waals surface area contributed by atoms with Crippen LogP contribution in [0.3, 0.4) is 0 Å². The van der Waals surface area contributed by atoms with Gasteiger partial charge in [0.2, 0.25) is 0 Å². The zero-order chi connectivity index (χ0) is 4.41. The van der Waals surface area contributed by atoms with Crippen LogP contribution in [0.5, 0.6) is 0 Å². The summed E-state index contributed by atoms with van der Waals surface area (Å²) >= 11 is 3.69. The average molecular weight is 122 g/mol. The Kier molecular flexibility index (Phi) is 1.68. The molecular weight excluding hydrogens is 116 g/mol. The lowest BCUT2D eigenvalue weighted by molar-refractivity contribution is 0.233. The monoisotopic (exact) mass is 122 g/mol. The van der Waals surface area contributed by atoms with Crippen molar-refractivity contribution in [2.75, 3.05) is 12.2 Å². The van der Waals surface area contributed by atoms with Crippen molar-refractivity contribution in [3.05, 3.63) is 0 Å². The van der Waals surface area contributed by atoms with Crippen LogP contribution < -0.4 is 0 Å². The molecule has 1 heterocycles. The zero-order valence-corrected chi connectivity index (χ0v) is 5.14. The van der Waals surface area contributed by atoms with E-state index in [1.54, 1.807) is 7.11 Å². The van der Waals surface area contributed by atoms with Crippen LogP contribution in [-0.2, 0) is 4.74 Å². The molecule has 0 radical (unpaired) electrons. The number of rotatable bonds is 1. The fourth-order valence-electron chi connectivity index (χ4n) is 0.260. The van der Waals surface area contributed by atoms with Crippen LogP contribution in [0, 0.1) is 0 Å². The molecule has 0 atom stereocenters. The maximum absolute atomic E-state index is 4.91. The van der Waals surface area contributed by atoms with E-state index in [1.807, 2.05) is 23.5 Å². The molecule has 0 amide bonds. The summed E-state index contributed by atoms with van der Waals surface area (Å²) < 4.78 is 5.36. The minimum Gasteiger partial charge on any atom is -0.361 e. The Bertz CT molecular complexity index is 41.3.